The van der Waals surface area contributed by atoms with Crippen LogP contribution in [0, 0.1) is 11.3 Å². The lowest BCUT2D eigenvalue weighted by atomic mass is 9.73. The monoisotopic (exact) mass is 454 g/mol. The van der Waals surface area contributed by atoms with Crippen molar-refractivity contribution < 1.29 is 9.53 Å². The molecule has 2 atom stereocenters. The van der Waals surface area contributed by atoms with Gasteiger partial charge in [-0.25, -0.2) is 4.79 Å². The van der Waals surface area contributed by atoms with E-state index in [0.29, 0.717) is 24.6 Å². The Labute approximate surface area is 199 Å². The van der Waals surface area contributed by atoms with Gasteiger partial charge >= 0.3 is 6.03 Å². The maximum absolute atomic E-state index is 13.6. The highest BCUT2D eigenvalue weighted by atomic mass is 16.5. The summed E-state index contributed by atoms with van der Waals surface area (Å²) in [7, 11) is 0. The molecule has 0 spiro atoms. The topological polar surface area (TPSA) is 39.3 Å². The van der Waals surface area contributed by atoms with Crippen molar-refractivity contribution in [1.82, 2.24) is 14.7 Å². The Bertz CT molecular complexity index is 812. The molecule has 5 aliphatic rings. The highest BCUT2D eigenvalue weighted by molar-refractivity contribution is 5.75. The Kier molecular flexibility index (Phi) is 6.47. The zero-order chi connectivity index (χ0) is 23.0. The lowest BCUT2D eigenvalue weighted by Gasteiger charge is -2.48. The molecule has 0 radical (unpaired) electrons. The van der Waals surface area contributed by atoms with Crippen molar-refractivity contribution in [1.29, 1.82) is 0 Å². The number of anilines is 1. The molecule has 0 N–H and O–H groups in total. The molecule has 1 aromatic rings. The number of urea groups is 1. The normalized spacial score (nSPS) is 28.3. The molecule has 182 valence electrons. The number of benzene rings is 1. The molecule has 0 aliphatic carbocycles. The number of fused-ring (bicyclic) bond motifs is 4. The van der Waals surface area contributed by atoms with E-state index in [0.717, 1.165) is 51.3 Å². The van der Waals surface area contributed by atoms with Crippen molar-refractivity contribution in [3.63, 3.8) is 0 Å². The smallest absolute Gasteiger partial charge is 0.320 e. The van der Waals surface area contributed by atoms with Crippen LogP contribution in [0.3, 0.4) is 0 Å². The molecule has 5 heterocycles. The standard InChI is InChI=1S/C27H42N4O2/c1-4-33-24-9-7-23(8-10-24)31-19-21-17-27(2,3)25(31)20-30(18-21)26(32)29-15-11-22(12-16-29)28-13-5-6-14-28/h7-10,21-22,25H,4-6,11-20H2,1-3H3/t21-,25-/m1/s1. The summed E-state index contributed by atoms with van der Waals surface area (Å²) in [5.74, 6) is 1.44. The van der Waals surface area contributed by atoms with Crippen LogP contribution in [0.2, 0.25) is 0 Å². The number of ether oxygens (including phenoxy) is 1. The van der Waals surface area contributed by atoms with Crippen LogP contribution in [0.1, 0.15) is 52.9 Å². The fourth-order valence-corrected chi connectivity index (χ4v) is 6.91. The summed E-state index contributed by atoms with van der Waals surface area (Å²) in [5, 5.41) is 0. The van der Waals surface area contributed by atoms with Crippen molar-refractivity contribution in [2.24, 2.45) is 11.3 Å². The summed E-state index contributed by atoms with van der Waals surface area (Å²) in [6, 6.07) is 9.84. The van der Waals surface area contributed by atoms with Crippen molar-refractivity contribution in [2.45, 2.75) is 65.0 Å². The van der Waals surface area contributed by atoms with Gasteiger partial charge < -0.3 is 24.3 Å². The van der Waals surface area contributed by atoms with E-state index in [1.165, 1.54) is 38.0 Å². The van der Waals surface area contributed by atoms with E-state index in [1.807, 2.05) is 6.92 Å². The minimum Gasteiger partial charge on any atom is -0.494 e. The second-order valence-electron chi connectivity index (χ2n) is 11.3. The van der Waals surface area contributed by atoms with Gasteiger partial charge in [0.15, 0.2) is 0 Å². The molecule has 2 amide bonds. The third kappa shape index (κ3) is 4.68. The van der Waals surface area contributed by atoms with Crippen LogP contribution in [0.5, 0.6) is 5.75 Å². The Morgan fingerprint density at radius 1 is 0.970 bits per heavy atom. The van der Waals surface area contributed by atoms with Gasteiger partial charge in [0.25, 0.3) is 0 Å². The number of rotatable bonds is 4. The van der Waals surface area contributed by atoms with E-state index in [1.54, 1.807) is 0 Å². The molecule has 6 rings (SSSR count). The Morgan fingerprint density at radius 2 is 1.67 bits per heavy atom. The molecule has 5 saturated heterocycles. The summed E-state index contributed by atoms with van der Waals surface area (Å²) >= 11 is 0. The first-order valence-electron chi connectivity index (χ1n) is 13.2. The third-order valence-electron chi connectivity index (χ3n) is 8.56. The number of likely N-dealkylation sites (tertiary alicyclic amines) is 2. The predicted octanol–water partition coefficient (Wildman–Crippen LogP) is 4.30. The molecule has 1 aromatic carbocycles. The minimum absolute atomic E-state index is 0.180. The van der Waals surface area contributed by atoms with Gasteiger partial charge in [-0.15, -0.1) is 0 Å². The quantitative estimate of drug-likeness (QED) is 0.680. The Hall–Kier alpha value is -1.95. The second kappa shape index (κ2) is 9.36. The van der Waals surface area contributed by atoms with Gasteiger partial charge in [-0.3, -0.25) is 0 Å². The number of hydrogen-bond donors (Lipinski definition) is 0. The highest BCUT2D eigenvalue weighted by Crippen LogP contribution is 2.43. The van der Waals surface area contributed by atoms with Gasteiger partial charge in [0.1, 0.15) is 5.75 Å². The molecule has 0 unspecified atom stereocenters. The molecule has 5 fully saturated rings. The van der Waals surface area contributed by atoms with Crippen molar-refractivity contribution in [3.05, 3.63) is 24.3 Å². The summed E-state index contributed by atoms with van der Waals surface area (Å²) in [6.45, 7) is 14.6. The van der Waals surface area contributed by atoms with Gasteiger partial charge in [-0.1, -0.05) is 13.8 Å². The average molecular weight is 455 g/mol. The van der Waals surface area contributed by atoms with E-state index < -0.39 is 0 Å². The van der Waals surface area contributed by atoms with E-state index in [-0.39, 0.29) is 11.4 Å². The van der Waals surface area contributed by atoms with Crippen molar-refractivity contribution >= 4 is 11.7 Å². The fraction of sp³-hybridized carbons (Fsp3) is 0.741. The maximum atomic E-state index is 13.6. The maximum Gasteiger partial charge on any atom is 0.320 e. The Morgan fingerprint density at radius 3 is 2.33 bits per heavy atom. The molecule has 0 saturated carbocycles. The molecule has 33 heavy (non-hydrogen) atoms. The molecule has 6 heteroatoms. The lowest BCUT2D eigenvalue weighted by molar-refractivity contribution is 0.110. The first-order chi connectivity index (χ1) is 15.9. The zero-order valence-electron chi connectivity index (χ0n) is 20.8. The summed E-state index contributed by atoms with van der Waals surface area (Å²) in [4.78, 5) is 23.2. The van der Waals surface area contributed by atoms with Gasteiger partial charge in [-0.05, 0) is 87.7 Å². The molecule has 2 bridgehead atoms. The third-order valence-corrected chi connectivity index (χ3v) is 8.56. The SMILES string of the molecule is CCOc1ccc(N2C[C@H]3CN(C(=O)N4CCC(N5CCCC5)CC4)C[C@@H]2C(C)(C)C3)cc1. The van der Waals surface area contributed by atoms with Gasteiger partial charge in [-0.2, -0.15) is 0 Å². The highest BCUT2D eigenvalue weighted by Gasteiger charge is 2.47. The van der Waals surface area contributed by atoms with Gasteiger partial charge in [0.05, 0.1) is 12.6 Å². The van der Waals surface area contributed by atoms with E-state index in [2.05, 4.69) is 57.7 Å². The summed E-state index contributed by atoms with van der Waals surface area (Å²) in [5.41, 5.74) is 1.43. The first-order valence-corrected chi connectivity index (χ1v) is 13.2. The number of amides is 2. The van der Waals surface area contributed by atoms with E-state index >= 15 is 0 Å². The number of hydrogen-bond acceptors (Lipinski definition) is 4. The summed E-state index contributed by atoms with van der Waals surface area (Å²) < 4.78 is 5.65. The lowest BCUT2D eigenvalue weighted by Crippen LogP contribution is -2.55. The number of piperidine rings is 2. The fourth-order valence-electron chi connectivity index (χ4n) is 6.91. The Balaban J connectivity index is 1.27. The molecular formula is C27H42N4O2. The number of nitrogens with zero attached hydrogens (tertiary/aromatic N) is 4. The molecule has 0 aromatic heterocycles. The molecule has 6 nitrogen and oxygen atoms in total. The van der Waals surface area contributed by atoms with Crippen LogP contribution in [-0.4, -0.2) is 85.2 Å². The number of carbonyl (C=O) groups excluding carboxylic acids is 1. The van der Waals surface area contributed by atoms with Gasteiger partial charge in [0, 0.05) is 44.5 Å². The molecular weight excluding hydrogens is 412 g/mol. The van der Waals surface area contributed by atoms with Gasteiger partial charge in [0.2, 0.25) is 0 Å². The molecule has 5 aliphatic heterocycles. The average Bonchev–Trinajstić information content (AvgIpc) is 3.24. The number of carbonyl (C=O) groups is 1. The second-order valence-corrected chi connectivity index (χ2v) is 11.3. The van der Waals surface area contributed by atoms with Crippen LogP contribution < -0.4 is 9.64 Å². The van der Waals surface area contributed by atoms with Crippen molar-refractivity contribution in [2.75, 3.05) is 57.3 Å². The summed E-state index contributed by atoms with van der Waals surface area (Å²) in [6.07, 6.45) is 6.14. The van der Waals surface area contributed by atoms with E-state index in [4.69, 9.17) is 4.74 Å². The zero-order valence-corrected chi connectivity index (χ0v) is 20.8. The van der Waals surface area contributed by atoms with Crippen LogP contribution in [-0.2, 0) is 0 Å². The minimum atomic E-state index is 0.180. The van der Waals surface area contributed by atoms with Crippen LogP contribution in [0.4, 0.5) is 10.5 Å². The largest absolute Gasteiger partial charge is 0.494 e. The van der Waals surface area contributed by atoms with Crippen molar-refractivity contribution in [3.8, 4) is 5.75 Å². The van der Waals surface area contributed by atoms with Crippen LogP contribution in [0.15, 0.2) is 24.3 Å². The predicted molar refractivity (Wildman–Crippen MR) is 133 cm³/mol. The van der Waals surface area contributed by atoms with Crippen LogP contribution in [0.25, 0.3) is 0 Å². The van der Waals surface area contributed by atoms with E-state index in [9.17, 15) is 4.79 Å². The first kappa shape index (κ1) is 22.8. The van der Waals surface area contributed by atoms with Crippen LogP contribution >= 0.6 is 0 Å².